The lowest BCUT2D eigenvalue weighted by Crippen LogP contribution is -2.51. The third-order valence-electron chi connectivity index (χ3n) is 4.36. The highest BCUT2D eigenvalue weighted by atomic mass is 16.8. The van der Waals surface area contributed by atoms with Crippen molar-refractivity contribution in [3.8, 4) is 0 Å². The molecule has 0 aliphatic carbocycles. The zero-order valence-corrected chi connectivity index (χ0v) is 12.7. The molecular weight excluding hydrogens is 284 g/mol. The van der Waals surface area contributed by atoms with Gasteiger partial charge in [0.15, 0.2) is 12.1 Å². The molecule has 4 rings (SSSR count). The summed E-state index contributed by atoms with van der Waals surface area (Å²) in [4.78, 5) is 0. The van der Waals surface area contributed by atoms with Crippen LogP contribution in [-0.4, -0.2) is 41.6 Å². The van der Waals surface area contributed by atoms with E-state index in [2.05, 4.69) is 0 Å². The predicted octanol–water partition coefficient (Wildman–Crippen LogP) is 1.75. The van der Waals surface area contributed by atoms with Gasteiger partial charge in [-0.3, -0.25) is 0 Å². The molecule has 0 amide bonds. The number of hydrogen-bond donors (Lipinski definition) is 1. The molecule has 1 N–H and O–H groups in total. The number of rotatable bonds is 2. The molecule has 0 spiro atoms. The molecule has 5 heteroatoms. The molecule has 22 heavy (non-hydrogen) atoms. The van der Waals surface area contributed by atoms with E-state index in [0.717, 1.165) is 11.3 Å². The highest BCUT2D eigenvalue weighted by Gasteiger charge is 2.63. The van der Waals surface area contributed by atoms with Crippen LogP contribution in [-0.2, 0) is 25.4 Å². The Balaban J connectivity index is 1.60. The Labute approximate surface area is 129 Å². The van der Waals surface area contributed by atoms with Crippen molar-refractivity contribution in [1.29, 1.82) is 0 Å². The normalized spacial score (nSPS) is 38.9. The summed E-state index contributed by atoms with van der Waals surface area (Å²) in [6.45, 7) is 3.94. The standard InChI is InChI=1S/C17H20O5/c1-16(2)21-14-15(22-16)20-13-10-19-12(9-17(13,14)18)8-11-6-4-3-5-7-11/h3-7,9,13-15,18H,8,10H2,1-2H3/t13-,14+,15-,17-/m1/s1. The Morgan fingerprint density at radius 3 is 2.73 bits per heavy atom. The fraction of sp³-hybridized carbons (Fsp3) is 0.529. The molecular formula is C17H20O5. The number of aliphatic hydroxyl groups is 1. The molecule has 1 aromatic carbocycles. The van der Waals surface area contributed by atoms with Gasteiger partial charge in [-0.1, -0.05) is 30.3 Å². The minimum absolute atomic E-state index is 0.301. The van der Waals surface area contributed by atoms with Gasteiger partial charge >= 0.3 is 0 Å². The fourth-order valence-corrected chi connectivity index (χ4v) is 3.33. The van der Waals surface area contributed by atoms with Crippen molar-refractivity contribution in [3.05, 3.63) is 47.7 Å². The molecule has 4 atom stereocenters. The Bertz CT molecular complexity index is 596. The van der Waals surface area contributed by atoms with Gasteiger partial charge in [0.05, 0.1) is 5.76 Å². The minimum atomic E-state index is -1.21. The lowest BCUT2D eigenvalue weighted by molar-refractivity contribution is -0.230. The molecule has 2 saturated heterocycles. The zero-order valence-electron chi connectivity index (χ0n) is 12.7. The van der Waals surface area contributed by atoms with E-state index in [1.54, 1.807) is 6.08 Å². The van der Waals surface area contributed by atoms with Crippen LogP contribution >= 0.6 is 0 Å². The first kappa shape index (κ1) is 14.2. The summed E-state index contributed by atoms with van der Waals surface area (Å²) in [6, 6.07) is 10.0. The van der Waals surface area contributed by atoms with E-state index in [4.69, 9.17) is 18.9 Å². The molecule has 0 bridgehead atoms. The largest absolute Gasteiger partial charge is 0.495 e. The topological polar surface area (TPSA) is 57.2 Å². The van der Waals surface area contributed by atoms with Crippen LogP contribution in [0.3, 0.4) is 0 Å². The molecule has 0 aromatic heterocycles. The summed E-state index contributed by atoms with van der Waals surface area (Å²) in [5.41, 5.74) is -0.0731. The van der Waals surface area contributed by atoms with E-state index in [1.807, 2.05) is 44.2 Å². The second-order valence-corrected chi connectivity index (χ2v) is 6.52. The van der Waals surface area contributed by atoms with Gasteiger partial charge in [0, 0.05) is 6.42 Å². The summed E-state index contributed by atoms with van der Waals surface area (Å²) in [7, 11) is 0. The van der Waals surface area contributed by atoms with Crippen LogP contribution in [0, 0.1) is 0 Å². The average Bonchev–Trinajstić information content (AvgIpc) is 2.90. The minimum Gasteiger partial charge on any atom is -0.495 e. The van der Waals surface area contributed by atoms with Crippen molar-refractivity contribution in [2.75, 3.05) is 6.61 Å². The van der Waals surface area contributed by atoms with E-state index in [-0.39, 0.29) is 0 Å². The molecule has 3 aliphatic rings. The molecule has 0 radical (unpaired) electrons. The van der Waals surface area contributed by atoms with Crippen molar-refractivity contribution in [2.24, 2.45) is 0 Å². The molecule has 1 aromatic rings. The quantitative estimate of drug-likeness (QED) is 0.902. The van der Waals surface area contributed by atoms with Crippen molar-refractivity contribution in [1.82, 2.24) is 0 Å². The Kier molecular flexibility index (Phi) is 3.10. The highest BCUT2D eigenvalue weighted by Crippen LogP contribution is 2.45. The van der Waals surface area contributed by atoms with E-state index in [9.17, 15) is 5.11 Å². The Hall–Kier alpha value is -1.40. The zero-order chi connectivity index (χ0) is 15.4. The maximum atomic E-state index is 11.1. The second-order valence-electron chi connectivity index (χ2n) is 6.52. The highest BCUT2D eigenvalue weighted by molar-refractivity contribution is 5.26. The van der Waals surface area contributed by atoms with Crippen LogP contribution in [0.5, 0.6) is 0 Å². The number of hydrogen-bond acceptors (Lipinski definition) is 5. The first-order valence-corrected chi connectivity index (χ1v) is 7.58. The first-order valence-electron chi connectivity index (χ1n) is 7.58. The smallest absolute Gasteiger partial charge is 0.191 e. The number of allylic oxidation sites excluding steroid dienone is 1. The van der Waals surface area contributed by atoms with Crippen LogP contribution in [0.4, 0.5) is 0 Å². The fourth-order valence-electron chi connectivity index (χ4n) is 3.33. The van der Waals surface area contributed by atoms with Gasteiger partial charge in [-0.05, 0) is 25.5 Å². The van der Waals surface area contributed by atoms with E-state index < -0.39 is 29.9 Å². The number of ether oxygens (including phenoxy) is 4. The van der Waals surface area contributed by atoms with Gasteiger partial charge in [0.25, 0.3) is 0 Å². The maximum absolute atomic E-state index is 11.1. The summed E-state index contributed by atoms with van der Waals surface area (Å²) >= 11 is 0. The second kappa shape index (κ2) is 4.80. The van der Waals surface area contributed by atoms with Crippen molar-refractivity contribution >= 4 is 0 Å². The Morgan fingerprint density at radius 1 is 1.18 bits per heavy atom. The summed E-state index contributed by atoms with van der Waals surface area (Å²) in [6.07, 6.45) is 0.836. The number of benzene rings is 1. The van der Waals surface area contributed by atoms with Crippen LogP contribution < -0.4 is 0 Å². The van der Waals surface area contributed by atoms with E-state index in [1.165, 1.54) is 0 Å². The van der Waals surface area contributed by atoms with E-state index >= 15 is 0 Å². The molecule has 118 valence electrons. The Morgan fingerprint density at radius 2 is 1.95 bits per heavy atom. The van der Waals surface area contributed by atoms with Gasteiger partial charge in [-0.25, -0.2) is 0 Å². The van der Waals surface area contributed by atoms with Crippen LogP contribution in [0.2, 0.25) is 0 Å². The molecule has 0 saturated carbocycles. The lowest BCUT2D eigenvalue weighted by Gasteiger charge is -2.35. The molecule has 0 unspecified atom stereocenters. The lowest BCUT2D eigenvalue weighted by atomic mass is 9.89. The van der Waals surface area contributed by atoms with E-state index in [0.29, 0.717) is 13.0 Å². The average molecular weight is 304 g/mol. The van der Waals surface area contributed by atoms with Gasteiger partial charge in [0.2, 0.25) is 0 Å². The summed E-state index contributed by atoms with van der Waals surface area (Å²) in [5.74, 6) is -0.00981. The van der Waals surface area contributed by atoms with Gasteiger partial charge in [-0.15, -0.1) is 0 Å². The van der Waals surface area contributed by atoms with Gasteiger partial charge in [0.1, 0.15) is 24.4 Å². The van der Waals surface area contributed by atoms with Gasteiger partial charge < -0.3 is 24.1 Å². The SMILES string of the molecule is CC1(C)O[C@H]2O[C@@H]3COC(Cc4ccccc4)=C[C@]3(O)[C@H]2O1. The van der Waals surface area contributed by atoms with Crippen molar-refractivity contribution in [2.45, 2.75) is 50.2 Å². The van der Waals surface area contributed by atoms with Gasteiger partial charge in [-0.2, -0.15) is 0 Å². The van der Waals surface area contributed by atoms with Crippen molar-refractivity contribution in [3.63, 3.8) is 0 Å². The summed E-state index contributed by atoms with van der Waals surface area (Å²) in [5, 5.41) is 11.1. The third kappa shape index (κ3) is 2.25. The number of fused-ring (bicyclic) bond motifs is 3. The van der Waals surface area contributed by atoms with Crippen LogP contribution in [0.25, 0.3) is 0 Å². The molecule has 3 aliphatic heterocycles. The molecule has 3 heterocycles. The first-order chi connectivity index (χ1) is 10.5. The van der Waals surface area contributed by atoms with Crippen LogP contribution in [0.1, 0.15) is 19.4 Å². The van der Waals surface area contributed by atoms with Crippen LogP contribution in [0.15, 0.2) is 42.2 Å². The molecule has 5 nitrogen and oxygen atoms in total. The third-order valence-corrected chi connectivity index (χ3v) is 4.36. The maximum Gasteiger partial charge on any atom is 0.191 e. The van der Waals surface area contributed by atoms with Crippen molar-refractivity contribution < 1.29 is 24.1 Å². The molecule has 2 fully saturated rings. The summed E-state index contributed by atoms with van der Waals surface area (Å²) < 4.78 is 23.0. The monoisotopic (exact) mass is 304 g/mol. The predicted molar refractivity (Wildman–Crippen MR) is 77.8 cm³/mol.